The fourth-order valence-corrected chi connectivity index (χ4v) is 7.93. The Morgan fingerprint density at radius 3 is 2.65 bits per heavy atom. The quantitative estimate of drug-likeness (QED) is 0.694. The molecule has 1 saturated heterocycles. The molecule has 5 rings (SSSR count). The highest BCUT2D eigenvalue weighted by molar-refractivity contribution is 6.01. The van der Waals surface area contributed by atoms with E-state index in [4.69, 9.17) is 9.47 Å². The van der Waals surface area contributed by atoms with Crippen molar-refractivity contribution in [3.63, 3.8) is 0 Å². The van der Waals surface area contributed by atoms with Crippen molar-refractivity contribution in [1.29, 1.82) is 0 Å². The SMILES string of the molecule is CC1(C)O[C@@H]2C[C@@H]3[C@H]4CCC5=CC(=O)C=C[C@]5(C)[C@@]4(F)[C@@H](O)C[C@]3(C)[C@]2(C(=O)CO)O1. The summed E-state index contributed by atoms with van der Waals surface area (Å²) in [4.78, 5) is 25.1. The van der Waals surface area contributed by atoms with Crippen LogP contribution >= 0.6 is 0 Å². The van der Waals surface area contributed by atoms with Gasteiger partial charge in [-0.15, -0.1) is 0 Å². The second kappa shape index (κ2) is 6.13. The first kappa shape index (κ1) is 21.4. The van der Waals surface area contributed by atoms with Crippen LogP contribution in [0.4, 0.5) is 4.39 Å². The largest absolute Gasteiger partial charge is 0.390 e. The van der Waals surface area contributed by atoms with Crippen LogP contribution < -0.4 is 0 Å². The molecule has 4 fully saturated rings. The highest BCUT2D eigenvalue weighted by atomic mass is 19.1. The number of ketones is 2. The van der Waals surface area contributed by atoms with Crippen molar-refractivity contribution >= 4 is 11.6 Å². The summed E-state index contributed by atoms with van der Waals surface area (Å²) in [6, 6.07) is 0. The summed E-state index contributed by atoms with van der Waals surface area (Å²) in [7, 11) is 0. The molecule has 0 radical (unpaired) electrons. The standard InChI is InChI=1S/C24H31FO6/c1-20(2)30-19-10-16-15-6-5-13-9-14(27)7-8-21(13,3)23(15,25)17(28)11-22(16,4)24(19,31-20)18(29)12-26/h7-9,15-17,19,26,28H,5-6,10-12H2,1-4H3/t15-,16-,17+,19-,21+,22+,23+,24-/m1/s1. The van der Waals surface area contributed by atoms with Gasteiger partial charge in [0.2, 0.25) is 0 Å². The van der Waals surface area contributed by atoms with Gasteiger partial charge in [0.25, 0.3) is 0 Å². The molecule has 4 aliphatic carbocycles. The minimum atomic E-state index is -1.98. The van der Waals surface area contributed by atoms with Crippen molar-refractivity contribution in [2.75, 3.05) is 6.61 Å². The summed E-state index contributed by atoms with van der Waals surface area (Å²) in [6.45, 7) is 6.41. The Labute approximate surface area is 181 Å². The number of halogens is 1. The molecule has 3 saturated carbocycles. The van der Waals surface area contributed by atoms with E-state index in [2.05, 4.69) is 0 Å². The summed E-state index contributed by atoms with van der Waals surface area (Å²) in [5, 5.41) is 21.2. The maximum absolute atomic E-state index is 17.1. The number of aliphatic hydroxyl groups is 2. The second-order valence-electron chi connectivity index (χ2n) is 10.9. The van der Waals surface area contributed by atoms with E-state index in [1.54, 1.807) is 26.8 Å². The summed E-state index contributed by atoms with van der Waals surface area (Å²) in [5.41, 5.74) is -4.66. The predicted octanol–water partition coefficient (Wildman–Crippen LogP) is 2.42. The maximum atomic E-state index is 17.1. The summed E-state index contributed by atoms with van der Waals surface area (Å²) in [5.74, 6) is -2.46. The molecule has 6 nitrogen and oxygen atoms in total. The van der Waals surface area contributed by atoms with Gasteiger partial charge in [0, 0.05) is 16.7 Å². The molecule has 1 heterocycles. The van der Waals surface area contributed by atoms with Gasteiger partial charge in [-0.1, -0.05) is 18.6 Å². The molecule has 0 bridgehead atoms. The lowest BCUT2D eigenvalue weighted by atomic mass is 9.44. The lowest BCUT2D eigenvalue weighted by Crippen LogP contribution is -2.70. The Balaban J connectivity index is 1.64. The molecule has 2 N–H and O–H groups in total. The fourth-order valence-electron chi connectivity index (χ4n) is 7.93. The van der Waals surface area contributed by atoms with Gasteiger partial charge in [0.15, 0.2) is 28.6 Å². The zero-order chi connectivity index (χ0) is 22.6. The number of aliphatic hydroxyl groups excluding tert-OH is 2. The van der Waals surface area contributed by atoms with E-state index >= 15 is 4.39 Å². The Morgan fingerprint density at radius 1 is 1.26 bits per heavy atom. The van der Waals surface area contributed by atoms with Crippen LogP contribution in [0.2, 0.25) is 0 Å². The number of hydrogen-bond donors (Lipinski definition) is 2. The molecule has 31 heavy (non-hydrogen) atoms. The van der Waals surface area contributed by atoms with Gasteiger partial charge in [-0.2, -0.15) is 0 Å². The molecule has 8 atom stereocenters. The first-order valence-electron chi connectivity index (χ1n) is 11.2. The van der Waals surface area contributed by atoms with Crippen LogP contribution in [0.5, 0.6) is 0 Å². The molecule has 0 spiro atoms. The van der Waals surface area contributed by atoms with Crippen molar-refractivity contribution in [3.05, 3.63) is 23.8 Å². The average molecular weight is 435 g/mol. The number of alkyl halides is 1. The molecule has 0 amide bonds. The van der Waals surface area contributed by atoms with Crippen LogP contribution in [-0.2, 0) is 19.1 Å². The fraction of sp³-hybridized carbons (Fsp3) is 0.750. The Morgan fingerprint density at radius 2 is 1.97 bits per heavy atom. The van der Waals surface area contributed by atoms with Gasteiger partial charge in [0.1, 0.15) is 6.61 Å². The smallest absolute Gasteiger partial charge is 0.193 e. The van der Waals surface area contributed by atoms with E-state index in [1.165, 1.54) is 12.2 Å². The normalized spacial score (nSPS) is 52.1. The van der Waals surface area contributed by atoms with Crippen LogP contribution in [0.25, 0.3) is 0 Å². The number of Topliss-reactive ketones (excluding diaryl/α,β-unsaturated/α-hetero) is 1. The molecule has 0 aromatic heterocycles. The van der Waals surface area contributed by atoms with Crippen molar-refractivity contribution in [3.8, 4) is 0 Å². The van der Waals surface area contributed by atoms with Crippen LogP contribution in [0.3, 0.4) is 0 Å². The number of hydrogen-bond acceptors (Lipinski definition) is 6. The van der Waals surface area contributed by atoms with E-state index in [9.17, 15) is 19.8 Å². The highest BCUT2D eigenvalue weighted by Gasteiger charge is 2.79. The number of ether oxygens (including phenoxy) is 2. The van der Waals surface area contributed by atoms with Gasteiger partial charge < -0.3 is 19.7 Å². The number of carbonyl (C=O) groups is 2. The van der Waals surface area contributed by atoms with Gasteiger partial charge in [0.05, 0.1) is 12.2 Å². The number of rotatable bonds is 2. The molecular weight excluding hydrogens is 403 g/mol. The van der Waals surface area contributed by atoms with Crippen molar-refractivity contribution in [2.24, 2.45) is 22.7 Å². The number of carbonyl (C=O) groups excluding carboxylic acids is 2. The lowest BCUT2D eigenvalue weighted by Gasteiger charge is -2.62. The van der Waals surface area contributed by atoms with Crippen LogP contribution in [0, 0.1) is 22.7 Å². The second-order valence-corrected chi connectivity index (χ2v) is 10.9. The molecule has 5 aliphatic rings. The predicted molar refractivity (Wildman–Crippen MR) is 109 cm³/mol. The van der Waals surface area contributed by atoms with E-state index in [0.717, 1.165) is 5.57 Å². The minimum Gasteiger partial charge on any atom is -0.390 e. The van der Waals surface area contributed by atoms with Crippen molar-refractivity contribution in [2.45, 2.75) is 82.6 Å². The zero-order valence-electron chi connectivity index (χ0n) is 18.5. The van der Waals surface area contributed by atoms with Gasteiger partial charge >= 0.3 is 0 Å². The average Bonchev–Trinajstić information content (AvgIpc) is 3.09. The molecule has 7 heteroatoms. The van der Waals surface area contributed by atoms with Crippen LogP contribution in [0.15, 0.2) is 23.8 Å². The Kier molecular flexibility index (Phi) is 4.24. The molecule has 170 valence electrons. The Hall–Kier alpha value is -1.41. The van der Waals surface area contributed by atoms with E-state index in [1.807, 2.05) is 6.92 Å². The summed E-state index contributed by atoms with van der Waals surface area (Å²) in [6.07, 6.45) is 4.00. The monoisotopic (exact) mass is 434 g/mol. The summed E-state index contributed by atoms with van der Waals surface area (Å²) < 4.78 is 29.5. The van der Waals surface area contributed by atoms with Crippen molar-refractivity contribution in [1.82, 2.24) is 0 Å². The van der Waals surface area contributed by atoms with Crippen molar-refractivity contribution < 1.29 is 33.7 Å². The van der Waals surface area contributed by atoms with Gasteiger partial charge in [-0.3, -0.25) is 9.59 Å². The molecule has 1 aliphatic heterocycles. The minimum absolute atomic E-state index is 0.0109. The third kappa shape index (κ3) is 2.31. The lowest BCUT2D eigenvalue weighted by molar-refractivity contribution is -0.246. The molecule has 0 aromatic rings. The Bertz CT molecular complexity index is 925. The summed E-state index contributed by atoms with van der Waals surface area (Å²) >= 11 is 0. The van der Waals surface area contributed by atoms with Gasteiger partial charge in [-0.25, -0.2) is 4.39 Å². The third-order valence-corrected chi connectivity index (χ3v) is 9.19. The molecule has 0 unspecified atom stereocenters. The zero-order valence-corrected chi connectivity index (χ0v) is 18.5. The third-order valence-electron chi connectivity index (χ3n) is 9.19. The molecular formula is C24H31FO6. The van der Waals surface area contributed by atoms with E-state index < -0.39 is 58.4 Å². The van der Waals surface area contributed by atoms with E-state index in [-0.39, 0.29) is 18.1 Å². The first-order valence-corrected chi connectivity index (χ1v) is 11.2. The number of fused-ring (bicyclic) bond motifs is 7. The van der Waals surface area contributed by atoms with E-state index in [0.29, 0.717) is 19.3 Å². The highest BCUT2D eigenvalue weighted by Crippen LogP contribution is 2.72. The maximum Gasteiger partial charge on any atom is 0.193 e. The topological polar surface area (TPSA) is 93.1 Å². The van der Waals surface area contributed by atoms with Crippen LogP contribution in [-0.4, -0.2) is 57.7 Å². The molecule has 0 aromatic carbocycles. The first-order chi connectivity index (χ1) is 14.4. The van der Waals surface area contributed by atoms with Crippen LogP contribution in [0.1, 0.15) is 53.4 Å². The number of allylic oxidation sites excluding steroid dienone is 4. The van der Waals surface area contributed by atoms with Gasteiger partial charge in [-0.05, 0) is 64.5 Å².